The fraction of sp³-hybridized carbons (Fsp3) is 0.917. The first-order valence-electron chi connectivity index (χ1n) is 6.10. The van der Waals surface area contributed by atoms with E-state index in [0.717, 1.165) is 32.5 Å². The lowest BCUT2D eigenvalue weighted by Crippen LogP contribution is -2.39. The summed E-state index contributed by atoms with van der Waals surface area (Å²) >= 11 is 0. The van der Waals surface area contributed by atoms with Crippen molar-refractivity contribution in [1.29, 1.82) is 0 Å². The van der Waals surface area contributed by atoms with Crippen molar-refractivity contribution in [2.75, 3.05) is 26.2 Å². The molecule has 3 heteroatoms. The number of rotatable bonds is 8. The molecule has 0 rings (SSSR count). The van der Waals surface area contributed by atoms with Gasteiger partial charge in [-0.2, -0.15) is 0 Å². The molecule has 1 N–H and O–H groups in total. The summed E-state index contributed by atoms with van der Waals surface area (Å²) in [5.41, 5.74) is 0. The summed E-state index contributed by atoms with van der Waals surface area (Å²) in [5, 5.41) is 3.19. The van der Waals surface area contributed by atoms with Crippen LogP contribution in [0, 0.1) is 5.92 Å². The second kappa shape index (κ2) is 8.72. The van der Waals surface area contributed by atoms with Gasteiger partial charge in [-0.1, -0.05) is 27.7 Å². The van der Waals surface area contributed by atoms with Crippen molar-refractivity contribution in [3.8, 4) is 0 Å². The number of carbonyl (C=O) groups is 1. The fourth-order valence-electron chi connectivity index (χ4n) is 1.48. The summed E-state index contributed by atoms with van der Waals surface area (Å²) in [6.45, 7) is 11.7. The van der Waals surface area contributed by atoms with Gasteiger partial charge in [0, 0.05) is 13.1 Å². The molecule has 0 atom stereocenters. The number of hydrogen-bond donors (Lipinski definition) is 1. The SMILES string of the molecule is CCCN(CCC)C(=O)CNCC(C)C. The van der Waals surface area contributed by atoms with E-state index in [9.17, 15) is 4.79 Å². The topological polar surface area (TPSA) is 32.3 Å². The Kier molecular flexibility index (Phi) is 8.38. The van der Waals surface area contributed by atoms with Gasteiger partial charge in [0.15, 0.2) is 0 Å². The molecule has 0 aromatic heterocycles. The van der Waals surface area contributed by atoms with E-state index >= 15 is 0 Å². The average molecular weight is 214 g/mol. The van der Waals surface area contributed by atoms with Crippen molar-refractivity contribution in [3.05, 3.63) is 0 Å². The van der Waals surface area contributed by atoms with Gasteiger partial charge in [0.2, 0.25) is 5.91 Å². The largest absolute Gasteiger partial charge is 0.342 e. The molecule has 0 aliphatic rings. The second-order valence-corrected chi connectivity index (χ2v) is 4.41. The van der Waals surface area contributed by atoms with Gasteiger partial charge in [0.25, 0.3) is 0 Å². The zero-order valence-electron chi connectivity index (χ0n) is 10.7. The van der Waals surface area contributed by atoms with Gasteiger partial charge in [-0.05, 0) is 25.3 Å². The lowest BCUT2D eigenvalue weighted by Gasteiger charge is -2.21. The van der Waals surface area contributed by atoms with Gasteiger partial charge in [0.05, 0.1) is 6.54 Å². The van der Waals surface area contributed by atoms with Crippen molar-refractivity contribution in [2.24, 2.45) is 5.92 Å². The summed E-state index contributed by atoms with van der Waals surface area (Å²) < 4.78 is 0. The van der Waals surface area contributed by atoms with Crippen molar-refractivity contribution in [1.82, 2.24) is 10.2 Å². The highest BCUT2D eigenvalue weighted by Crippen LogP contribution is 1.95. The third-order valence-electron chi connectivity index (χ3n) is 2.17. The van der Waals surface area contributed by atoms with Crippen LogP contribution >= 0.6 is 0 Å². The number of amides is 1. The van der Waals surface area contributed by atoms with Crippen LogP contribution in [0.1, 0.15) is 40.5 Å². The molecule has 0 aliphatic heterocycles. The molecule has 0 spiro atoms. The molecule has 0 heterocycles. The summed E-state index contributed by atoms with van der Waals surface area (Å²) in [5.74, 6) is 0.836. The van der Waals surface area contributed by atoms with E-state index in [2.05, 4.69) is 33.0 Å². The molecule has 0 aromatic carbocycles. The van der Waals surface area contributed by atoms with E-state index in [1.807, 2.05) is 4.90 Å². The standard InChI is InChI=1S/C12H26N2O/c1-5-7-14(8-6-2)12(15)10-13-9-11(3)4/h11,13H,5-10H2,1-4H3. The third-order valence-corrected chi connectivity index (χ3v) is 2.17. The van der Waals surface area contributed by atoms with Crippen LogP contribution in [0.15, 0.2) is 0 Å². The normalized spacial score (nSPS) is 10.7. The molecule has 90 valence electrons. The Morgan fingerprint density at radius 3 is 2.13 bits per heavy atom. The minimum Gasteiger partial charge on any atom is -0.342 e. The minimum absolute atomic E-state index is 0.236. The first-order valence-corrected chi connectivity index (χ1v) is 6.10. The van der Waals surface area contributed by atoms with Crippen LogP contribution in [0.3, 0.4) is 0 Å². The second-order valence-electron chi connectivity index (χ2n) is 4.41. The van der Waals surface area contributed by atoms with Crippen molar-refractivity contribution in [2.45, 2.75) is 40.5 Å². The predicted molar refractivity (Wildman–Crippen MR) is 64.9 cm³/mol. The Bertz CT molecular complexity index is 163. The lowest BCUT2D eigenvalue weighted by atomic mass is 10.2. The monoisotopic (exact) mass is 214 g/mol. The van der Waals surface area contributed by atoms with Gasteiger partial charge in [0.1, 0.15) is 0 Å². The molecule has 0 saturated carbocycles. The van der Waals surface area contributed by atoms with E-state index in [4.69, 9.17) is 0 Å². The van der Waals surface area contributed by atoms with E-state index in [1.165, 1.54) is 0 Å². The van der Waals surface area contributed by atoms with E-state index in [1.54, 1.807) is 0 Å². The number of hydrogen-bond acceptors (Lipinski definition) is 2. The highest BCUT2D eigenvalue weighted by molar-refractivity contribution is 5.78. The maximum Gasteiger partial charge on any atom is 0.236 e. The molecule has 0 bridgehead atoms. The quantitative estimate of drug-likeness (QED) is 0.669. The van der Waals surface area contributed by atoms with Crippen molar-refractivity contribution < 1.29 is 4.79 Å². The minimum atomic E-state index is 0.236. The first kappa shape index (κ1) is 14.4. The van der Waals surface area contributed by atoms with Crippen molar-refractivity contribution >= 4 is 5.91 Å². The Hall–Kier alpha value is -0.570. The van der Waals surface area contributed by atoms with Gasteiger partial charge < -0.3 is 10.2 Å². The van der Waals surface area contributed by atoms with E-state index < -0.39 is 0 Å². The maximum atomic E-state index is 11.8. The van der Waals surface area contributed by atoms with Crippen LogP contribution in [0.5, 0.6) is 0 Å². The van der Waals surface area contributed by atoms with Gasteiger partial charge >= 0.3 is 0 Å². The molecule has 0 radical (unpaired) electrons. The molecule has 1 amide bonds. The summed E-state index contributed by atoms with van der Waals surface area (Å²) in [4.78, 5) is 13.7. The Morgan fingerprint density at radius 1 is 1.20 bits per heavy atom. The first-order chi connectivity index (χ1) is 7.11. The molecule has 0 aromatic rings. The Morgan fingerprint density at radius 2 is 1.73 bits per heavy atom. The molecule has 0 aliphatic carbocycles. The van der Waals surface area contributed by atoms with Crippen LogP contribution in [-0.2, 0) is 4.79 Å². The Labute approximate surface area is 94.2 Å². The molecular weight excluding hydrogens is 188 g/mol. The van der Waals surface area contributed by atoms with Gasteiger partial charge in [-0.15, -0.1) is 0 Å². The van der Waals surface area contributed by atoms with Crippen LogP contribution < -0.4 is 5.32 Å². The van der Waals surface area contributed by atoms with Crippen molar-refractivity contribution in [3.63, 3.8) is 0 Å². The van der Waals surface area contributed by atoms with E-state index in [-0.39, 0.29) is 5.91 Å². The average Bonchev–Trinajstić information content (AvgIpc) is 2.16. The van der Waals surface area contributed by atoms with Crippen LogP contribution in [0.25, 0.3) is 0 Å². The zero-order chi connectivity index (χ0) is 11.7. The van der Waals surface area contributed by atoms with Crippen LogP contribution in [0.4, 0.5) is 0 Å². The molecule has 0 unspecified atom stereocenters. The van der Waals surface area contributed by atoms with Crippen LogP contribution in [-0.4, -0.2) is 37.0 Å². The number of nitrogens with zero attached hydrogens (tertiary/aromatic N) is 1. The molecule has 3 nitrogen and oxygen atoms in total. The number of carbonyl (C=O) groups excluding carboxylic acids is 1. The molecular formula is C12H26N2O. The highest BCUT2D eigenvalue weighted by atomic mass is 16.2. The summed E-state index contributed by atoms with van der Waals surface area (Å²) in [6.07, 6.45) is 2.08. The molecule has 0 saturated heterocycles. The summed E-state index contributed by atoms with van der Waals surface area (Å²) in [7, 11) is 0. The number of nitrogens with one attached hydrogen (secondary N) is 1. The summed E-state index contributed by atoms with van der Waals surface area (Å²) in [6, 6.07) is 0. The lowest BCUT2D eigenvalue weighted by molar-refractivity contribution is -0.130. The zero-order valence-corrected chi connectivity index (χ0v) is 10.7. The fourth-order valence-corrected chi connectivity index (χ4v) is 1.48. The third kappa shape index (κ3) is 7.37. The Balaban J connectivity index is 3.80. The van der Waals surface area contributed by atoms with Gasteiger partial charge in [-0.25, -0.2) is 0 Å². The van der Waals surface area contributed by atoms with E-state index in [0.29, 0.717) is 12.5 Å². The predicted octanol–water partition coefficient (Wildman–Crippen LogP) is 1.88. The van der Waals surface area contributed by atoms with Crippen LogP contribution in [0.2, 0.25) is 0 Å². The van der Waals surface area contributed by atoms with Gasteiger partial charge in [-0.3, -0.25) is 4.79 Å². The molecule has 0 fully saturated rings. The maximum absolute atomic E-state index is 11.8. The highest BCUT2D eigenvalue weighted by Gasteiger charge is 2.10. The smallest absolute Gasteiger partial charge is 0.236 e. The molecule has 15 heavy (non-hydrogen) atoms.